The first-order valence-corrected chi connectivity index (χ1v) is 9.15. The second-order valence-corrected chi connectivity index (χ2v) is 6.53. The fourth-order valence-corrected chi connectivity index (χ4v) is 3.23. The molecule has 1 amide bonds. The molecule has 1 saturated heterocycles. The van der Waals surface area contributed by atoms with Crippen molar-refractivity contribution in [3.63, 3.8) is 0 Å². The summed E-state index contributed by atoms with van der Waals surface area (Å²) in [5, 5.41) is 9.13. The van der Waals surface area contributed by atoms with Crippen molar-refractivity contribution in [2.75, 3.05) is 27.3 Å². The average Bonchev–Trinajstić information content (AvgIpc) is 2.74. The zero-order valence-corrected chi connectivity index (χ0v) is 16.1. The lowest BCUT2D eigenvalue weighted by Gasteiger charge is -2.32. The van der Waals surface area contributed by atoms with Crippen LogP contribution in [0.1, 0.15) is 24.0 Å². The first kappa shape index (κ1) is 19.5. The first-order chi connectivity index (χ1) is 13.6. The van der Waals surface area contributed by atoms with Gasteiger partial charge in [-0.25, -0.2) is 4.98 Å². The highest BCUT2D eigenvalue weighted by Gasteiger charge is 2.25. The zero-order valence-electron chi connectivity index (χ0n) is 16.1. The summed E-state index contributed by atoms with van der Waals surface area (Å²) in [5.41, 5.74) is 1.31. The number of aromatic nitrogens is 1. The number of rotatable bonds is 6. The third-order valence-electron chi connectivity index (χ3n) is 4.77. The van der Waals surface area contributed by atoms with E-state index in [0.29, 0.717) is 55.3 Å². The summed E-state index contributed by atoms with van der Waals surface area (Å²) in [4.78, 5) is 18.6. The number of methoxy groups -OCH3 is 2. The van der Waals surface area contributed by atoms with Gasteiger partial charge in [0.25, 0.3) is 0 Å². The van der Waals surface area contributed by atoms with E-state index in [9.17, 15) is 4.79 Å². The van der Waals surface area contributed by atoms with E-state index in [0.717, 1.165) is 5.56 Å². The van der Waals surface area contributed by atoms with Gasteiger partial charge in [-0.15, -0.1) is 0 Å². The molecular weight excluding hydrogens is 358 g/mol. The normalized spacial score (nSPS) is 14.2. The summed E-state index contributed by atoms with van der Waals surface area (Å²) in [6.07, 6.45) is 3.29. The molecule has 0 radical (unpaired) electrons. The van der Waals surface area contributed by atoms with Crippen molar-refractivity contribution < 1.29 is 19.0 Å². The predicted octanol–water partition coefficient (Wildman–Crippen LogP) is 2.58. The van der Waals surface area contributed by atoms with E-state index in [1.807, 2.05) is 17.0 Å². The van der Waals surface area contributed by atoms with Gasteiger partial charge in [0, 0.05) is 32.1 Å². The van der Waals surface area contributed by atoms with Crippen molar-refractivity contribution in [1.82, 2.24) is 9.88 Å². The average molecular weight is 381 g/mol. The maximum Gasteiger partial charge on any atom is 0.231 e. The molecule has 1 aromatic carbocycles. The SMILES string of the molecule is COc1ccc(CC(=O)N2CCC(Oc3ncccc3C#N)CC2)cc1OC. The van der Waals surface area contributed by atoms with Crippen LogP contribution < -0.4 is 14.2 Å². The summed E-state index contributed by atoms with van der Waals surface area (Å²) in [5.74, 6) is 1.69. The molecule has 7 heteroatoms. The molecule has 1 aromatic heterocycles. The Balaban J connectivity index is 1.55. The van der Waals surface area contributed by atoms with Gasteiger partial charge < -0.3 is 19.1 Å². The minimum atomic E-state index is -0.0490. The number of nitriles is 1. The Morgan fingerprint density at radius 1 is 1.21 bits per heavy atom. The van der Waals surface area contributed by atoms with E-state index in [1.165, 1.54) is 0 Å². The minimum absolute atomic E-state index is 0.0490. The predicted molar refractivity (Wildman–Crippen MR) is 102 cm³/mol. The van der Waals surface area contributed by atoms with Gasteiger partial charge in [-0.3, -0.25) is 4.79 Å². The summed E-state index contributed by atoms with van der Waals surface area (Å²) in [6.45, 7) is 1.23. The molecule has 2 heterocycles. The Morgan fingerprint density at radius 2 is 1.96 bits per heavy atom. The molecule has 7 nitrogen and oxygen atoms in total. The molecule has 0 atom stereocenters. The number of benzene rings is 1. The summed E-state index contributed by atoms with van der Waals surface area (Å²) in [6, 6.07) is 11.0. The van der Waals surface area contributed by atoms with E-state index in [2.05, 4.69) is 11.1 Å². The molecule has 1 aliphatic rings. The molecule has 28 heavy (non-hydrogen) atoms. The highest BCUT2D eigenvalue weighted by atomic mass is 16.5. The third kappa shape index (κ3) is 4.52. The highest BCUT2D eigenvalue weighted by Crippen LogP contribution is 2.28. The Kier molecular flexibility index (Phi) is 6.33. The minimum Gasteiger partial charge on any atom is -0.493 e. The van der Waals surface area contributed by atoms with Crippen LogP contribution in [0.5, 0.6) is 17.4 Å². The number of ether oxygens (including phenoxy) is 3. The van der Waals surface area contributed by atoms with Gasteiger partial charge in [0.2, 0.25) is 11.8 Å². The van der Waals surface area contributed by atoms with Crippen molar-refractivity contribution in [3.8, 4) is 23.4 Å². The lowest BCUT2D eigenvalue weighted by molar-refractivity contribution is -0.132. The Bertz CT molecular complexity index is 870. The molecular formula is C21H23N3O4. The molecule has 0 N–H and O–H groups in total. The number of pyridine rings is 1. The van der Waals surface area contributed by atoms with Crippen LogP contribution in [-0.4, -0.2) is 49.2 Å². The molecule has 0 unspecified atom stereocenters. The number of likely N-dealkylation sites (tertiary alicyclic amines) is 1. The maximum absolute atomic E-state index is 12.6. The van der Waals surface area contributed by atoms with Crippen molar-refractivity contribution in [2.45, 2.75) is 25.4 Å². The highest BCUT2D eigenvalue weighted by molar-refractivity contribution is 5.79. The van der Waals surface area contributed by atoms with Gasteiger partial charge in [0.1, 0.15) is 17.7 Å². The summed E-state index contributed by atoms with van der Waals surface area (Å²) >= 11 is 0. The number of nitrogens with zero attached hydrogens (tertiary/aromatic N) is 3. The lowest BCUT2D eigenvalue weighted by Crippen LogP contribution is -2.42. The van der Waals surface area contributed by atoms with E-state index < -0.39 is 0 Å². The standard InChI is InChI=1S/C21H23N3O4/c1-26-18-6-5-15(12-19(18)27-2)13-20(25)24-10-7-17(8-11-24)28-21-16(14-22)4-3-9-23-21/h3-6,9,12,17H,7-8,10-11,13H2,1-2H3. The molecule has 2 aromatic rings. The molecule has 146 valence electrons. The van der Waals surface area contributed by atoms with Crippen LogP contribution in [-0.2, 0) is 11.2 Å². The maximum atomic E-state index is 12.6. The van der Waals surface area contributed by atoms with Gasteiger partial charge in [0.15, 0.2) is 11.5 Å². The lowest BCUT2D eigenvalue weighted by atomic mass is 10.1. The second-order valence-electron chi connectivity index (χ2n) is 6.53. The van der Waals surface area contributed by atoms with E-state index in [-0.39, 0.29) is 12.0 Å². The van der Waals surface area contributed by atoms with Crippen molar-refractivity contribution in [3.05, 3.63) is 47.7 Å². The molecule has 3 rings (SSSR count). The topological polar surface area (TPSA) is 84.7 Å². The fraction of sp³-hybridized carbons (Fsp3) is 0.381. The third-order valence-corrected chi connectivity index (χ3v) is 4.77. The number of carbonyl (C=O) groups is 1. The molecule has 1 aliphatic heterocycles. The van der Waals surface area contributed by atoms with Gasteiger partial charge in [-0.1, -0.05) is 6.07 Å². The number of hydrogen-bond acceptors (Lipinski definition) is 6. The molecule has 1 fully saturated rings. The fourth-order valence-electron chi connectivity index (χ4n) is 3.23. The van der Waals surface area contributed by atoms with Crippen LogP contribution in [0, 0.1) is 11.3 Å². The van der Waals surface area contributed by atoms with Crippen molar-refractivity contribution >= 4 is 5.91 Å². The van der Waals surface area contributed by atoms with Gasteiger partial charge in [-0.2, -0.15) is 5.26 Å². The van der Waals surface area contributed by atoms with Crippen molar-refractivity contribution in [2.24, 2.45) is 0 Å². The molecule has 0 saturated carbocycles. The monoisotopic (exact) mass is 381 g/mol. The van der Waals surface area contributed by atoms with Crippen LogP contribution in [0.4, 0.5) is 0 Å². The van der Waals surface area contributed by atoms with E-state index in [4.69, 9.17) is 19.5 Å². The second kappa shape index (κ2) is 9.09. The Labute approximate surface area is 164 Å². The first-order valence-electron chi connectivity index (χ1n) is 9.15. The van der Waals surface area contributed by atoms with Crippen LogP contribution in [0.2, 0.25) is 0 Å². The van der Waals surface area contributed by atoms with Gasteiger partial charge >= 0.3 is 0 Å². The van der Waals surface area contributed by atoms with E-state index in [1.54, 1.807) is 38.6 Å². The largest absolute Gasteiger partial charge is 0.493 e. The molecule has 0 bridgehead atoms. The zero-order chi connectivity index (χ0) is 19.9. The van der Waals surface area contributed by atoms with Gasteiger partial charge in [0.05, 0.1) is 20.6 Å². The Morgan fingerprint density at radius 3 is 2.64 bits per heavy atom. The van der Waals surface area contributed by atoms with Crippen LogP contribution in [0.25, 0.3) is 0 Å². The number of amides is 1. The van der Waals surface area contributed by atoms with Gasteiger partial charge in [-0.05, 0) is 29.8 Å². The smallest absolute Gasteiger partial charge is 0.231 e. The summed E-state index contributed by atoms with van der Waals surface area (Å²) in [7, 11) is 3.16. The molecule has 0 aliphatic carbocycles. The van der Waals surface area contributed by atoms with Crippen LogP contribution >= 0.6 is 0 Å². The number of piperidine rings is 1. The van der Waals surface area contributed by atoms with Crippen molar-refractivity contribution in [1.29, 1.82) is 5.26 Å². The van der Waals surface area contributed by atoms with Crippen LogP contribution in [0.15, 0.2) is 36.5 Å². The number of carbonyl (C=O) groups excluding carboxylic acids is 1. The summed E-state index contributed by atoms with van der Waals surface area (Å²) < 4.78 is 16.4. The van der Waals surface area contributed by atoms with Crippen LogP contribution in [0.3, 0.4) is 0 Å². The molecule has 0 spiro atoms. The Hall–Kier alpha value is -3.27. The van der Waals surface area contributed by atoms with E-state index >= 15 is 0 Å². The number of hydrogen-bond donors (Lipinski definition) is 0. The quantitative estimate of drug-likeness (QED) is 0.765.